The van der Waals surface area contributed by atoms with E-state index >= 15 is 0 Å². The lowest BCUT2D eigenvalue weighted by molar-refractivity contribution is -0.137. The Balaban J connectivity index is 2.11. The summed E-state index contributed by atoms with van der Waals surface area (Å²) < 4.78 is 16.4. The number of benzene rings is 1. The van der Waals surface area contributed by atoms with E-state index in [9.17, 15) is 9.18 Å². The summed E-state index contributed by atoms with van der Waals surface area (Å²) in [4.78, 5) is 14.3. The molecule has 3 nitrogen and oxygen atoms in total. The first kappa shape index (κ1) is 13.9. The molecule has 0 radical (unpaired) electrons. The second-order valence-electron chi connectivity index (χ2n) is 5.74. The highest BCUT2D eigenvalue weighted by Gasteiger charge is 2.34. The van der Waals surface area contributed by atoms with Gasteiger partial charge in [-0.25, -0.2) is 4.39 Å². The minimum Gasteiger partial charge on any atom is -0.348 e. The molecule has 1 aromatic heterocycles. The molecule has 0 saturated heterocycles. The molecule has 0 fully saturated rings. The van der Waals surface area contributed by atoms with Crippen LogP contribution < -0.4 is 0 Å². The molecule has 0 aliphatic carbocycles. The Labute approximate surface area is 124 Å². The number of fused-ring (bicyclic) bond motifs is 1. The molecule has 1 aromatic carbocycles. The van der Waals surface area contributed by atoms with Crippen molar-refractivity contribution >= 4 is 5.91 Å². The van der Waals surface area contributed by atoms with Gasteiger partial charge in [-0.15, -0.1) is 0 Å². The average molecular weight is 286 g/mol. The van der Waals surface area contributed by atoms with Crippen LogP contribution in [0.3, 0.4) is 0 Å². The second kappa shape index (κ2) is 5.35. The molecule has 0 N–H and O–H groups in total. The van der Waals surface area contributed by atoms with Crippen LogP contribution >= 0.6 is 0 Å². The maximum atomic E-state index is 14.3. The summed E-state index contributed by atoms with van der Waals surface area (Å²) in [7, 11) is 0. The summed E-state index contributed by atoms with van der Waals surface area (Å²) in [6, 6.07) is 10.3. The summed E-state index contributed by atoms with van der Waals surface area (Å²) >= 11 is 0. The van der Waals surface area contributed by atoms with Crippen LogP contribution in [-0.2, 0) is 11.3 Å². The van der Waals surface area contributed by atoms with E-state index in [1.165, 1.54) is 6.07 Å². The van der Waals surface area contributed by atoms with Crippen molar-refractivity contribution < 1.29 is 9.18 Å². The van der Waals surface area contributed by atoms with Gasteiger partial charge in [0, 0.05) is 36.5 Å². The second-order valence-corrected chi connectivity index (χ2v) is 5.74. The Hall–Kier alpha value is -2.10. The van der Waals surface area contributed by atoms with E-state index in [0.717, 1.165) is 12.2 Å². The van der Waals surface area contributed by atoms with Gasteiger partial charge in [-0.2, -0.15) is 0 Å². The highest BCUT2D eigenvalue weighted by molar-refractivity contribution is 5.79. The molecular weight excluding hydrogens is 267 g/mol. The lowest BCUT2D eigenvalue weighted by Crippen LogP contribution is -2.44. The lowest BCUT2D eigenvalue weighted by Gasteiger charge is -2.38. The largest absolute Gasteiger partial charge is 0.348 e. The van der Waals surface area contributed by atoms with Gasteiger partial charge in [0.05, 0.1) is 0 Å². The first-order valence-corrected chi connectivity index (χ1v) is 7.29. The number of aromatic nitrogens is 1. The highest BCUT2D eigenvalue weighted by atomic mass is 19.1. The van der Waals surface area contributed by atoms with E-state index in [1.54, 1.807) is 17.0 Å². The molecule has 1 aliphatic heterocycles. The molecule has 21 heavy (non-hydrogen) atoms. The van der Waals surface area contributed by atoms with Crippen molar-refractivity contribution in [3.63, 3.8) is 0 Å². The van der Waals surface area contributed by atoms with Crippen molar-refractivity contribution in [1.82, 2.24) is 9.47 Å². The molecule has 2 heterocycles. The molecule has 4 heteroatoms. The van der Waals surface area contributed by atoms with Crippen molar-refractivity contribution in [2.45, 2.75) is 26.4 Å². The molecule has 1 unspecified atom stereocenters. The van der Waals surface area contributed by atoms with Crippen molar-refractivity contribution in [2.24, 2.45) is 5.92 Å². The summed E-state index contributed by atoms with van der Waals surface area (Å²) in [5.74, 6) is -0.296. The van der Waals surface area contributed by atoms with Gasteiger partial charge >= 0.3 is 0 Å². The fraction of sp³-hybridized carbons (Fsp3) is 0.353. The summed E-state index contributed by atoms with van der Waals surface area (Å²) in [5.41, 5.74) is 1.53. The van der Waals surface area contributed by atoms with Crippen LogP contribution in [0.4, 0.5) is 4.39 Å². The van der Waals surface area contributed by atoms with Gasteiger partial charge in [0.25, 0.3) is 0 Å². The third kappa shape index (κ3) is 2.35. The van der Waals surface area contributed by atoms with Crippen molar-refractivity contribution in [1.29, 1.82) is 0 Å². The predicted molar refractivity (Wildman–Crippen MR) is 79.2 cm³/mol. The van der Waals surface area contributed by atoms with E-state index < -0.39 is 0 Å². The van der Waals surface area contributed by atoms with Gasteiger partial charge < -0.3 is 9.47 Å². The van der Waals surface area contributed by atoms with E-state index in [0.29, 0.717) is 12.1 Å². The molecule has 1 aliphatic rings. The number of carbonyl (C=O) groups is 1. The molecule has 0 saturated carbocycles. The van der Waals surface area contributed by atoms with E-state index in [2.05, 4.69) is 4.57 Å². The van der Waals surface area contributed by atoms with Crippen LogP contribution in [0.1, 0.15) is 31.1 Å². The summed E-state index contributed by atoms with van der Waals surface area (Å²) in [6.45, 7) is 5.13. The molecule has 1 atom stereocenters. The van der Waals surface area contributed by atoms with E-state index in [4.69, 9.17) is 0 Å². The molecule has 110 valence electrons. The Kier molecular flexibility index (Phi) is 3.53. The molecule has 2 aromatic rings. The van der Waals surface area contributed by atoms with Gasteiger partial charge in [-0.1, -0.05) is 32.0 Å². The SMILES string of the molecule is CC(C)C(=O)N1CCn2cccc2C1c1ccccc1F. The molecule has 0 spiro atoms. The van der Waals surface area contributed by atoms with E-state index in [1.807, 2.05) is 38.2 Å². The number of hydrogen-bond acceptors (Lipinski definition) is 1. The maximum absolute atomic E-state index is 14.3. The van der Waals surface area contributed by atoms with Crippen LogP contribution in [0.5, 0.6) is 0 Å². The fourth-order valence-corrected chi connectivity index (χ4v) is 2.98. The molecule has 0 bridgehead atoms. The number of carbonyl (C=O) groups excluding carboxylic acids is 1. The van der Waals surface area contributed by atoms with Crippen LogP contribution in [0.25, 0.3) is 0 Å². The average Bonchev–Trinajstić information content (AvgIpc) is 2.94. The van der Waals surface area contributed by atoms with Crippen LogP contribution in [0.2, 0.25) is 0 Å². The third-order valence-corrected chi connectivity index (χ3v) is 4.02. The lowest BCUT2D eigenvalue weighted by atomic mass is 9.98. The summed E-state index contributed by atoms with van der Waals surface area (Å²) in [6.07, 6.45) is 1.99. The van der Waals surface area contributed by atoms with Gasteiger partial charge in [0.1, 0.15) is 11.9 Å². The standard InChI is InChI=1S/C17H19FN2O/c1-12(2)17(21)20-11-10-19-9-5-8-15(19)16(20)13-6-3-4-7-14(13)18/h3-9,12,16H,10-11H2,1-2H3. The zero-order valence-corrected chi connectivity index (χ0v) is 12.3. The Morgan fingerprint density at radius 1 is 1.19 bits per heavy atom. The molecule has 3 rings (SSSR count). The number of nitrogens with zero attached hydrogens (tertiary/aromatic N) is 2. The molecular formula is C17H19FN2O. The van der Waals surface area contributed by atoms with Gasteiger partial charge in [-0.05, 0) is 18.2 Å². The van der Waals surface area contributed by atoms with Crippen molar-refractivity contribution in [3.8, 4) is 0 Å². The Morgan fingerprint density at radius 2 is 1.95 bits per heavy atom. The maximum Gasteiger partial charge on any atom is 0.226 e. The number of hydrogen-bond donors (Lipinski definition) is 0. The van der Waals surface area contributed by atoms with Crippen molar-refractivity contribution in [3.05, 3.63) is 59.7 Å². The normalized spacial score (nSPS) is 17.9. The van der Waals surface area contributed by atoms with Gasteiger partial charge in [-0.3, -0.25) is 4.79 Å². The Morgan fingerprint density at radius 3 is 2.67 bits per heavy atom. The number of amides is 1. The number of halogens is 1. The third-order valence-electron chi connectivity index (χ3n) is 4.02. The predicted octanol–water partition coefficient (Wildman–Crippen LogP) is 3.21. The fourth-order valence-electron chi connectivity index (χ4n) is 2.98. The van der Waals surface area contributed by atoms with E-state index in [-0.39, 0.29) is 23.7 Å². The zero-order chi connectivity index (χ0) is 15.0. The van der Waals surface area contributed by atoms with Crippen molar-refractivity contribution in [2.75, 3.05) is 6.54 Å². The minimum atomic E-state index is -0.343. The first-order valence-electron chi connectivity index (χ1n) is 7.29. The monoisotopic (exact) mass is 286 g/mol. The number of rotatable bonds is 2. The van der Waals surface area contributed by atoms with Crippen LogP contribution in [0.15, 0.2) is 42.6 Å². The van der Waals surface area contributed by atoms with Gasteiger partial charge in [0.15, 0.2) is 0 Å². The van der Waals surface area contributed by atoms with Gasteiger partial charge in [0.2, 0.25) is 5.91 Å². The van der Waals surface area contributed by atoms with Crippen LogP contribution in [0, 0.1) is 11.7 Å². The molecule has 1 amide bonds. The Bertz CT molecular complexity index is 662. The minimum absolute atomic E-state index is 0.0655. The topological polar surface area (TPSA) is 25.2 Å². The summed E-state index contributed by atoms with van der Waals surface area (Å²) in [5, 5.41) is 0. The first-order chi connectivity index (χ1) is 10.1. The smallest absolute Gasteiger partial charge is 0.226 e. The zero-order valence-electron chi connectivity index (χ0n) is 12.3. The quantitative estimate of drug-likeness (QED) is 0.832. The highest BCUT2D eigenvalue weighted by Crippen LogP contribution is 2.34. The van der Waals surface area contributed by atoms with Crippen LogP contribution in [-0.4, -0.2) is 21.9 Å².